The SMILES string of the molecule is C=C/C(=C\C(=C/C)C(=C)/C=c1/c(-c2cc3ccncc3[nH]2)n[nH]/c1=C/C)CC1CCCCC1. The molecule has 170 valence electrons. The third kappa shape index (κ3) is 5.16. The Morgan fingerprint density at radius 1 is 1.21 bits per heavy atom. The van der Waals surface area contributed by atoms with Crippen LogP contribution in [0, 0.1) is 5.92 Å². The van der Waals surface area contributed by atoms with E-state index in [9.17, 15) is 0 Å². The Balaban J connectivity index is 1.68. The first-order valence-corrected chi connectivity index (χ1v) is 12.0. The first-order valence-electron chi connectivity index (χ1n) is 12.0. The van der Waals surface area contributed by atoms with Gasteiger partial charge in [-0.2, -0.15) is 5.10 Å². The second-order valence-corrected chi connectivity index (χ2v) is 8.88. The molecule has 0 aliphatic heterocycles. The number of hydrogen-bond donors (Lipinski definition) is 2. The number of rotatable bonds is 7. The average Bonchev–Trinajstić information content (AvgIpc) is 3.45. The summed E-state index contributed by atoms with van der Waals surface area (Å²) in [5.41, 5.74) is 6.22. The molecule has 1 aliphatic rings. The van der Waals surface area contributed by atoms with E-state index in [0.717, 1.165) is 56.3 Å². The molecule has 4 rings (SSSR count). The van der Waals surface area contributed by atoms with Crippen molar-refractivity contribution in [2.75, 3.05) is 0 Å². The van der Waals surface area contributed by atoms with Gasteiger partial charge in [-0.3, -0.25) is 10.1 Å². The second kappa shape index (κ2) is 10.5. The zero-order chi connectivity index (χ0) is 23.2. The quantitative estimate of drug-likeness (QED) is 0.437. The lowest BCUT2D eigenvalue weighted by atomic mass is 9.84. The molecule has 4 nitrogen and oxygen atoms in total. The van der Waals surface area contributed by atoms with Gasteiger partial charge >= 0.3 is 0 Å². The fourth-order valence-electron chi connectivity index (χ4n) is 4.78. The van der Waals surface area contributed by atoms with Crippen molar-refractivity contribution in [3.63, 3.8) is 0 Å². The van der Waals surface area contributed by atoms with Gasteiger partial charge in [-0.25, -0.2) is 0 Å². The number of nitrogens with zero attached hydrogens (tertiary/aromatic N) is 2. The van der Waals surface area contributed by atoms with Crippen LogP contribution in [0.4, 0.5) is 0 Å². The fraction of sp³-hybridized carbons (Fsp3) is 0.310. The minimum atomic E-state index is 0.775. The summed E-state index contributed by atoms with van der Waals surface area (Å²) in [4.78, 5) is 7.66. The molecule has 3 aromatic heterocycles. The molecule has 4 heteroatoms. The zero-order valence-electron chi connectivity index (χ0n) is 19.8. The summed E-state index contributed by atoms with van der Waals surface area (Å²) in [6, 6.07) is 4.12. The van der Waals surface area contributed by atoms with Crippen molar-refractivity contribution in [1.29, 1.82) is 0 Å². The van der Waals surface area contributed by atoms with Crippen LogP contribution in [0.2, 0.25) is 0 Å². The fourth-order valence-corrected chi connectivity index (χ4v) is 4.78. The van der Waals surface area contributed by atoms with Gasteiger partial charge < -0.3 is 4.98 Å². The van der Waals surface area contributed by atoms with Gasteiger partial charge in [-0.05, 0) is 61.1 Å². The number of hydrogen-bond acceptors (Lipinski definition) is 2. The van der Waals surface area contributed by atoms with E-state index in [-0.39, 0.29) is 0 Å². The van der Waals surface area contributed by atoms with E-state index < -0.39 is 0 Å². The number of aromatic nitrogens is 4. The predicted molar refractivity (Wildman–Crippen MR) is 140 cm³/mol. The van der Waals surface area contributed by atoms with Crippen molar-refractivity contribution < 1.29 is 0 Å². The summed E-state index contributed by atoms with van der Waals surface area (Å²) in [6.07, 6.45) is 22.1. The molecule has 0 amide bonds. The van der Waals surface area contributed by atoms with Gasteiger partial charge in [-0.15, -0.1) is 0 Å². The lowest BCUT2D eigenvalue weighted by Crippen LogP contribution is -2.23. The molecule has 0 spiro atoms. The van der Waals surface area contributed by atoms with Gasteiger partial charge in [0.2, 0.25) is 0 Å². The molecular weight excluding hydrogens is 404 g/mol. The van der Waals surface area contributed by atoms with Crippen molar-refractivity contribution in [1.82, 2.24) is 20.2 Å². The second-order valence-electron chi connectivity index (χ2n) is 8.88. The smallest absolute Gasteiger partial charge is 0.116 e. The van der Waals surface area contributed by atoms with E-state index in [2.05, 4.69) is 64.5 Å². The summed E-state index contributed by atoms with van der Waals surface area (Å²) in [5.74, 6) is 0.775. The maximum atomic E-state index is 4.61. The normalized spacial score (nSPS) is 17.2. The molecule has 2 N–H and O–H groups in total. The molecule has 0 atom stereocenters. The van der Waals surface area contributed by atoms with Crippen LogP contribution in [0.15, 0.2) is 72.6 Å². The summed E-state index contributed by atoms with van der Waals surface area (Å²) in [7, 11) is 0. The van der Waals surface area contributed by atoms with Crippen LogP contribution in [-0.2, 0) is 0 Å². The lowest BCUT2D eigenvalue weighted by Gasteiger charge is -2.22. The monoisotopic (exact) mass is 438 g/mol. The van der Waals surface area contributed by atoms with Crippen molar-refractivity contribution in [2.45, 2.75) is 52.4 Å². The largest absolute Gasteiger partial charge is 0.352 e. The van der Waals surface area contributed by atoms with Crippen molar-refractivity contribution >= 4 is 23.1 Å². The summed E-state index contributed by atoms with van der Waals surface area (Å²) in [5, 5.41) is 10.9. The Morgan fingerprint density at radius 3 is 2.73 bits per heavy atom. The van der Waals surface area contributed by atoms with Gasteiger partial charge in [-0.1, -0.05) is 69.6 Å². The molecule has 0 radical (unpaired) electrons. The van der Waals surface area contributed by atoms with E-state index in [0.29, 0.717) is 0 Å². The van der Waals surface area contributed by atoms with E-state index in [1.807, 2.05) is 31.3 Å². The van der Waals surface area contributed by atoms with Crippen molar-refractivity contribution in [3.8, 4) is 11.4 Å². The number of fused-ring (bicyclic) bond motifs is 1. The van der Waals surface area contributed by atoms with Crippen LogP contribution in [0.25, 0.3) is 34.4 Å². The highest BCUT2D eigenvalue weighted by Crippen LogP contribution is 2.30. The first kappa shape index (κ1) is 22.8. The van der Waals surface area contributed by atoms with Crippen LogP contribution >= 0.6 is 0 Å². The number of allylic oxidation sites excluding steroid dienone is 6. The highest BCUT2D eigenvalue weighted by atomic mass is 15.1. The van der Waals surface area contributed by atoms with Gasteiger partial charge in [0.05, 0.1) is 22.8 Å². The van der Waals surface area contributed by atoms with E-state index in [4.69, 9.17) is 0 Å². The van der Waals surface area contributed by atoms with E-state index in [1.165, 1.54) is 37.7 Å². The zero-order valence-corrected chi connectivity index (χ0v) is 19.8. The number of pyridine rings is 1. The topological polar surface area (TPSA) is 57.4 Å². The third-order valence-electron chi connectivity index (χ3n) is 6.65. The molecule has 0 bridgehead atoms. The Labute approximate surface area is 196 Å². The Bertz CT molecular complexity index is 1290. The average molecular weight is 439 g/mol. The maximum Gasteiger partial charge on any atom is 0.116 e. The van der Waals surface area contributed by atoms with Crippen LogP contribution in [-0.4, -0.2) is 20.2 Å². The van der Waals surface area contributed by atoms with Crippen LogP contribution in [0.5, 0.6) is 0 Å². The number of H-pyrrole nitrogens is 2. The molecule has 0 saturated heterocycles. The first-order chi connectivity index (χ1) is 16.1. The van der Waals surface area contributed by atoms with Gasteiger partial charge in [0.15, 0.2) is 0 Å². The molecule has 3 aromatic rings. The predicted octanol–water partition coefficient (Wildman–Crippen LogP) is 6.12. The molecule has 1 fully saturated rings. The third-order valence-corrected chi connectivity index (χ3v) is 6.65. The van der Waals surface area contributed by atoms with Gasteiger partial charge in [0.1, 0.15) is 5.69 Å². The Morgan fingerprint density at radius 2 is 2.03 bits per heavy atom. The van der Waals surface area contributed by atoms with Crippen molar-refractivity contribution in [3.05, 3.63) is 83.2 Å². The minimum Gasteiger partial charge on any atom is -0.352 e. The van der Waals surface area contributed by atoms with Crippen LogP contribution < -0.4 is 10.6 Å². The highest BCUT2D eigenvalue weighted by molar-refractivity contribution is 5.84. The molecule has 3 heterocycles. The van der Waals surface area contributed by atoms with Gasteiger partial charge in [0, 0.05) is 16.8 Å². The standard InChI is InChI=1S/C29H34N4/c1-5-21(16-22-11-9-8-10-12-22)17-23(6-2)20(4)15-25-26(7-3)32-33-29(25)27-18-24-13-14-30-19-28(24)31-27/h5-7,13-15,17-19,22,31-32H,1,4,8-12,16H2,2-3H3/b21-17+,23-6+,25-15+,26-7+. The molecule has 0 aromatic carbocycles. The molecule has 0 unspecified atom stereocenters. The number of nitrogens with one attached hydrogen (secondary N) is 2. The molecule has 33 heavy (non-hydrogen) atoms. The molecule has 1 saturated carbocycles. The lowest BCUT2D eigenvalue weighted by molar-refractivity contribution is 0.358. The summed E-state index contributed by atoms with van der Waals surface area (Å²) in [6.45, 7) is 12.6. The molecular formula is C29H34N4. The van der Waals surface area contributed by atoms with E-state index >= 15 is 0 Å². The van der Waals surface area contributed by atoms with E-state index in [1.54, 1.807) is 6.20 Å². The maximum absolute atomic E-state index is 4.61. The minimum absolute atomic E-state index is 0.775. The summed E-state index contributed by atoms with van der Waals surface area (Å²) < 4.78 is 0. The molecule has 1 aliphatic carbocycles. The Hall–Kier alpha value is -3.40. The summed E-state index contributed by atoms with van der Waals surface area (Å²) >= 11 is 0. The number of aromatic amines is 2. The Kier molecular flexibility index (Phi) is 7.23. The van der Waals surface area contributed by atoms with Gasteiger partial charge in [0.25, 0.3) is 0 Å². The van der Waals surface area contributed by atoms with Crippen LogP contribution in [0.1, 0.15) is 52.4 Å². The van der Waals surface area contributed by atoms with Crippen molar-refractivity contribution in [2.24, 2.45) is 5.92 Å². The highest BCUT2D eigenvalue weighted by Gasteiger charge is 2.15. The van der Waals surface area contributed by atoms with Crippen LogP contribution in [0.3, 0.4) is 0 Å².